The summed E-state index contributed by atoms with van der Waals surface area (Å²) in [4.78, 5) is 11.4. The third-order valence-electron chi connectivity index (χ3n) is 4.20. The lowest BCUT2D eigenvalue weighted by Crippen LogP contribution is -2.18. The minimum absolute atomic E-state index is 0.268. The maximum Gasteiger partial charge on any atom is 0.330 e. The molecule has 3 heteroatoms. The van der Waals surface area contributed by atoms with Crippen molar-refractivity contribution < 1.29 is 9.53 Å². The number of carbonyl (C=O) groups is 1. The normalized spacial score (nSPS) is 19.4. The molecule has 0 spiro atoms. The minimum atomic E-state index is -0.292. The molecule has 24 heavy (non-hydrogen) atoms. The third-order valence-corrected chi connectivity index (χ3v) is 4.92. The molecule has 1 rings (SSSR count). The fourth-order valence-electron chi connectivity index (χ4n) is 2.94. The van der Waals surface area contributed by atoms with Crippen molar-refractivity contribution in [2.75, 3.05) is 6.61 Å². The standard InChI is InChI=1S/C21H29IO2/c1-6-24-20(23)15-16(2)9-7-11-18(22)12-13-19-17(3)10-8-14-21(19,4)5/h7,9,11-13,15H,6,8,10,14H2,1-5H3/b9-7+,13-12+,16-15+,18-11-. The summed E-state index contributed by atoms with van der Waals surface area (Å²) in [6.45, 7) is 11.0. The van der Waals surface area contributed by atoms with Crippen molar-refractivity contribution in [1.82, 2.24) is 0 Å². The van der Waals surface area contributed by atoms with Crippen molar-refractivity contribution >= 4 is 28.6 Å². The molecule has 0 radical (unpaired) electrons. The molecule has 0 fully saturated rings. The van der Waals surface area contributed by atoms with Gasteiger partial charge in [-0.05, 0) is 91.3 Å². The smallest absolute Gasteiger partial charge is 0.330 e. The topological polar surface area (TPSA) is 26.3 Å². The number of hydrogen-bond donors (Lipinski definition) is 0. The highest BCUT2D eigenvalue weighted by Crippen LogP contribution is 2.40. The molecule has 0 heterocycles. The van der Waals surface area contributed by atoms with Gasteiger partial charge in [-0.25, -0.2) is 4.79 Å². The van der Waals surface area contributed by atoms with E-state index in [-0.39, 0.29) is 11.4 Å². The maximum atomic E-state index is 11.4. The van der Waals surface area contributed by atoms with Gasteiger partial charge in [0.05, 0.1) is 6.61 Å². The van der Waals surface area contributed by atoms with Crippen LogP contribution in [-0.4, -0.2) is 12.6 Å². The van der Waals surface area contributed by atoms with Gasteiger partial charge in [-0.3, -0.25) is 0 Å². The fourth-order valence-corrected chi connectivity index (χ4v) is 3.33. The van der Waals surface area contributed by atoms with Crippen molar-refractivity contribution in [2.45, 2.75) is 53.9 Å². The molecular formula is C21H29IO2. The lowest BCUT2D eigenvalue weighted by molar-refractivity contribution is -0.137. The predicted molar refractivity (Wildman–Crippen MR) is 111 cm³/mol. The van der Waals surface area contributed by atoms with Gasteiger partial charge in [0.15, 0.2) is 0 Å². The summed E-state index contributed by atoms with van der Waals surface area (Å²) >= 11 is 2.33. The summed E-state index contributed by atoms with van der Waals surface area (Å²) in [7, 11) is 0. The number of allylic oxidation sites excluding steroid dienone is 9. The molecular weight excluding hydrogens is 411 g/mol. The predicted octanol–water partition coefficient (Wildman–Crippen LogP) is 6.45. The first-order chi connectivity index (χ1) is 11.3. The van der Waals surface area contributed by atoms with E-state index in [2.05, 4.69) is 55.5 Å². The Morgan fingerprint density at radius 2 is 2.04 bits per heavy atom. The largest absolute Gasteiger partial charge is 0.463 e. The molecule has 1 aliphatic carbocycles. The highest BCUT2D eigenvalue weighted by molar-refractivity contribution is 14.1. The molecule has 0 amide bonds. The molecule has 0 bridgehead atoms. The van der Waals surface area contributed by atoms with Crippen LogP contribution in [0.25, 0.3) is 0 Å². The van der Waals surface area contributed by atoms with Crippen molar-refractivity contribution in [3.8, 4) is 0 Å². The average molecular weight is 440 g/mol. The van der Waals surface area contributed by atoms with Crippen LogP contribution in [0.3, 0.4) is 0 Å². The highest BCUT2D eigenvalue weighted by Gasteiger charge is 2.26. The Bertz CT molecular complexity index is 601. The van der Waals surface area contributed by atoms with Crippen LogP contribution in [0.1, 0.15) is 53.9 Å². The lowest BCUT2D eigenvalue weighted by atomic mass is 9.73. The second kappa shape index (κ2) is 10.0. The molecule has 0 aromatic heterocycles. The van der Waals surface area contributed by atoms with Crippen LogP contribution < -0.4 is 0 Å². The molecule has 1 aliphatic rings. The van der Waals surface area contributed by atoms with Gasteiger partial charge in [-0.2, -0.15) is 0 Å². The second-order valence-electron chi connectivity index (χ2n) is 6.82. The molecule has 0 saturated carbocycles. The summed E-state index contributed by atoms with van der Waals surface area (Å²) in [6, 6.07) is 0. The maximum absolute atomic E-state index is 11.4. The van der Waals surface area contributed by atoms with E-state index in [0.717, 1.165) is 9.15 Å². The zero-order valence-electron chi connectivity index (χ0n) is 15.5. The molecule has 132 valence electrons. The summed E-state index contributed by atoms with van der Waals surface area (Å²) in [6.07, 6.45) is 15.6. The van der Waals surface area contributed by atoms with Gasteiger partial charge in [0.25, 0.3) is 0 Å². The first-order valence-electron chi connectivity index (χ1n) is 8.53. The Kier molecular flexibility index (Phi) is 8.74. The molecule has 0 unspecified atom stereocenters. The number of ether oxygens (including phenoxy) is 1. The van der Waals surface area contributed by atoms with Crippen LogP contribution in [0.2, 0.25) is 0 Å². The Hall–Kier alpha value is -1.10. The summed E-state index contributed by atoms with van der Waals surface area (Å²) < 4.78 is 6.05. The molecule has 0 aromatic rings. The van der Waals surface area contributed by atoms with E-state index < -0.39 is 0 Å². The van der Waals surface area contributed by atoms with Gasteiger partial charge in [0.2, 0.25) is 0 Å². The molecule has 0 aromatic carbocycles. The van der Waals surface area contributed by atoms with Crippen LogP contribution in [0.5, 0.6) is 0 Å². The Morgan fingerprint density at radius 3 is 2.67 bits per heavy atom. The summed E-state index contributed by atoms with van der Waals surface area (Å²) in [5.41, 5.74) is 4.13. The Morgan fingerprint density at radius 1 is 1.33 bits per heavy atom. The monoisotopic (exact) mass is 440 g/mol. The summed E-state index contributed by atoms with van der Waals surface area (Å²) in [5, 5.41) is 0. The minimum Gasteiger partial charge on any atom is -0.463 e. The van der Waals surface area contributed by atoms with Crippen molar-refractivity contribution in [3.63, 3.8) is 0 Å². The van der Waals surface area contributed by atoms with Gasteiger partial charge in [-0.15, -0.1) is 0 Å². The zero-order valence-corrected chi connectivity index (χ0v) is 17.6. The average Bonchev–Trinajstić information content (AvgIpc) is 2.46. The van der Waals surface area contributed by atoms with E-state index in [4.69, 9.17) is 4.74 Å². The second-order valence-corrected chi connectivity index (χ2v) is 8.06. The van der Waals surface area contributed by atoms with E-state index in [0.29, 0.717) is 6.61 Å². The van der Waals surface area contributed by atoms with E-state index in [1.54, 1.807) is 6.92 Å². The molecule has 0 aliphatic heterocycles. The van der Waals surface area contributed by atoms with Gasteiger partial charge < -0.3 is 4.74 Å². The van der Waals surface area contributed by atoms with E-state index in [1.165, 1.54) is 36.5 Å². The number of carbonyl (C=O) groups excluding carboxylic acids is 1. The van der Waals surface area contributed by atoms with Crippen LogP contribution in [0.4, 0.5) is 0 Å². The number of rotatable bonds is 6. The van der Waals surface area contributed by atoms with Gasteiger partial charge >= 0.3 is 5.97 Å². The molecule has 2 nitrogen and oxygen atoms in total. The van der Waals surface area contributed by atoms with Crippen LogP contribution in [0, 0.1) is 5.41 Å². The molecule has 0 saturated heterocycles. The van der Waals surface area contributed by atoms with E-state index in [1.807, 2.05) is 25.2 Å². The first kappa shape index (κ1) is 20.9. The number of esters is 1. The van der Waals surface area contributed by atoms with Crippen molar-refractivity contribution in [1.29, 1.82) is 0 Å². The summed E-state index contributed by atoms with van der Waals surface area (Å²) in [5.74, 6) is -0.292. The fraction of sp³-hybridized carbons (Fsp3) is 0.476. The third kappa shape index (κ3) is 7.20. The molecule has 0 atom stereocenters. The first-order valence-corrected chi connectivity index (χ1v) is 9.61. The van der Waals surface area contributed by atoms with Gasteiger partial charge in [0.1, 0.15) is 0 Å². The van der Waals surface area contributed by atoms with E-state index >= 15 is 0 Å². The van der Waals surface area contributed by atoms with Crippen molar-refractivity contribution in [3.05, 3.63) is 56.8 Å². The number of hydrogen-bond acceptors (Lipinski definition) is 2. The van der Waals surface area contributed by atoms with Crippen LogP contribution in [0.15, 0.2) is 56.8 Å². The van der Waals surface area contributed by atoms with Crippen LogP contribution in [-0.2, 0) is 9.53 Å². The van der Waals surface area contributed by atoms with Gasteiger partial charge in [0, 0.05) is 9.66 Å². The Balaban J connectivity index is 2.73. The Labute approximate surface area is 160 Å². The van der Waals surface area contributed by atoms with Crippen LogP contribution >= 0.6 is 22.6 Å². The zero-order chi connectivity index (χ0) is 18.2. The highest BCUT2D eigenvalue weighted by atomic mass is 127. The SMILES string of the molecule is CCOC(=O)/C=C(C)/C=C/C=C(I)/C=C/C1=C(C)CCCC1(C)C. The molecule has 0 N–H and O–H groups in total. The van der Waals surface area contributed by atoms with Crippen molar-refractivity contribution in [2.24, 2.45) is 5.41 Å². The lowest BCUT2D eigenvalue weighted by Gasteiger charge is -2.32. The quantitative estimate of drug-likeness (QED) is 0.205. The number of halogens is 1. The van der Waals surface area contributed by atoms with Gasteiger partial charge in [-0.1, -0.05) is 37.6 Å². The van der Waals surface area contributed by atoms with E-state index in [9.17, 15) is 4.79 Å².